The first-order valence-electron chi connectivity index (χ1n) is 29.4. The van der Waals surface area contributed by atoms with Gasteiger partial charge in [0.1, 0.15) is 66.4 Å². The molecule has 500 valence electrons. The topological polar surface area (TPSA) is 458 Å². The number of benzene rings is 3. The van der Waals surface area contributed by atoms with Gasteiger partial charge in [-0.3, -0.25) is 53.4 Å². The average Bonchev–Trinajstić information content (AvgIpc) is 3.57. The van der Waals surface area contributed by atoms with Gasteiger partial charge in [0, 0.05) is 38.1 Å². The number of hydrogen-bond donors (Lipinski definition) is 18. The molecule has 18 N–H and O–H groups in total. The lowest BCUT2D eigenvalue weighted by atomic mass is 9.96. The lowest BCUT2D eigenvalue weighted by Crippen LogP contribution is -2.64. The zero-order valence-corrected chi connectivity index (χ0v) is 52.7. The minimum atomic E-state index is -1.99. The van der Waals surface area contributed by atoms with Crippen LogP contribution in [0, 0.1) is 5.92 Å². The number of rotatable bonds is 31. The van der Waals surface area contributed by atoms with Gasteiger partial charge in [-0.05, 0) is 78.6 Å². The largest absolute Gasteiger partial charge is 0.508 e. The highest BCUT2D eigenvalue weighted by Gasteiger charge is 2.37. The third-order valence-corrected chi connectivity index (χ3v) is 15.3. The van der Waals surface area contributed by atoms with E-state index in [1.165, 1.54) is 60.3 Å². The number of phenolic OH excluding ortho intramolecular Hbond substituents is 2. The quantitative estimate of drug-likeness (QED) is 0.0218. The van der Waals surface area contributed by atoms with E-state index in [4.69, 9.17) is 15.2 Å². The lowest BCUT2D eigenvalue weighted by molar-refractivity contribution is -0.137. The number of nitrogens with two attached hydrogens (primary N) is 1. The maximum atomic E-state index is 14.7. The number of aromatic hydroxyl groups is 2. The van der Waals surface area contributed by atoms with E-state index in [-0.39, 0.29) is 69.3 Å². The summed E-state index contributed by atoms with van der Waals surface area (Å²) < 4.78 is 10.8. The number of nitrogens with one attached hydrogen (secondary N) is 12. The molecule has 1 saturated heterocycles. The van der Waals surface area contributed by atoms with Crippen LogP contribution in [0.4, 0.5) is 4.79 Å². The fourth-order valence-corrected chi connectivity index (χ4v) is 9.42. The number of carbonyl (C=O) groups is 11. The number of urea groups is 1. The van der Waals surface area contributed by atoms with Crippen LogP contribution in [0.1, 0.15) is 56.7 Å². The van der Waals surface area contributed by atoms with Gasteiger partial charge in [0.05, 0.1) is 38.6 Å². The summed E-state index contributed by atoms with van der Waals surface area (Å²) in [5.74, 6) is -9.30. The first-order valence-corrected chi connectivity index (χ1v) is 31.4. The smallest absolute Gasteiger partial charge is 0.333 e. The summed E-state index contributed by atoms with van der Waals surface area (Å²) in [6, 6.07) is 5.02. The number of ether oxygens (including phenoxy) is 2. The molecule has 3 aromatic rings. The van der Waals surface area contributed by atoms with Gasteiger partial charge in [0.2, 0.25) is 53.2 Å². The number of carbonyl (C=O) groups excluding carboxylic acids is 11. The third-order valence-electron chi connectivity index (χ3n) is 14.2. The zero-order valence-electron chi connectivity index (χ0n) is 51.0. The Labute approximate surface area is 536 Å². The Hall–Kier alpha value is -8.27. The van der Waals surface area contributed by atoms with Crippen LogP contribution in [0.25, 0.3) is 0 Å². The fraction of sp³-hybridized carbons (Fsp3) is 0.508. The Morgan fingerprint density at radius 1 is 0.681 bits per heavy atom. The highest BCUT2D eigenvalue weighted by atomic mass is 32.2. The van der Waals surface area contributed by atoms with Crippen LogP contribution < -0.4 is 69.8 Å². The van der Waals surface area contributed by atoms with Gasteiger partial charge in [0.15, 0.2) is 0 Å². The number of aliphatic hydroxyl groups excluding tert-OH is 2. The molecule has 2 unspecified atom stereocenters. The Kier molecular flexibility index (Phi) is 32.9. The molecule has 0 bridgehead atoms. The van der Waals surface area contributed by atoms with E-state index in [0.717, 1.165) is 6.92 Å². The molecule has 91 heavy (non-hydrogen) atoms. The molecule has 0 saturated carbocycles. The molecule has 32 heteroatoms. The number of hydrazine groups is 1. The molecule has 0 spiro atoms. The molecular formula is C59H85N13O17S2. The zero-order chi connectivity index (χ0) is 67.0. The molecule has 4 rings (SSSR count). The normalized spacial score (nSPS) is 19.7. The van der Waals surface area contributed by atoms with Crippen LogP contribution in [0.3, 0.4) is 0 Å². The van der Waals surface area contributed by atoms with E-state index in [1.807, 2.05) is 6.26 Å². The number of amides is 12. The molecule has 0 aliphatic carbocycles. The van der Waals surface area contributed by atoms with Crippen LogP contribution in [0.5, 0.6) is 11.5 Å². The summed E-state index contributed by atoms with van der Waals surface area (Å²) in [5.41, 5.74) is 11.4. The van der Waals surface area contributed by atoms with E-state index in [9.17, 15) is 73.2 Å². The first kappa shape index (κ1) is 75.2. The molecule has 0 aromatic heterocycles. The van der Waals surface area contributed by atoms with Gasteiger partial charge in [-0.2, -0.15) is 24.4 Å². The Balaban J connectivity index is 1.62. The number of thiol groups is 1. The molecular weight excluding hydrogens is 1230 g/mol. The van der Waals surface area contributed by atoms with Crippen molar-refractivity contribution < 1.29 is 82.6 Å². The van der Waals surface area contributed by atoms with Crippen LogP contribution >= 0.6 is 24.4 Å². The SMILES string of the molecule is CCC(C)[C@@H]1NC(=O)[C@H](Cc2ccccc2)NC(=O)[C@H](Cc2ccc(O)cc2)NC(=O)[C@@H](NC(=O)[C@@H](NC(=O)[C@H](CO)NC(=O)[C@H](Cc2ccc(O)cc2)NC(=O)COCCOCCNC(=O)[C@@H](N)CS)C(C)O)CNC(=O)NNC(=O)[C@H](CCCSC)NC1=O. The number of hydrogen-bond acceptors (Lipinski definition) is 20. The van der Waals surface area contributed by atoms with Crippen LogP contribution in [-0.4, -0.2) is 210 Å². The maximum Gasteiger partial charge on any atom is 0.333 e. The molecule has 1 aliphatic rings. The number of phenols is 2. The second-order valence-electron chi connectivity index (χ2n) is 21.3. The van der Waals surface area contributed by atoms with E-state index in [2.05, 4.69) is 76.6 Å². The van der Waals surface area contributed by atoms with Crippen molar-refractivity contribution in [3.05, 3.63) is 95.6 Å². The van der Waals surface area contributed by atoms with Crippen molar-refractivity contribution in [1.29, 1.82) is 0 Å². The highest BCUT2D eigenvalue weighted by molar-refractivity contribution is 7.98. The van der Waals surface area contributed by atoms with Gasteiger partial charge in [-0.25, -0.2) is 10.2 Å². The van der Waals surface area contributed by atoms with Gasteiger partial charge < -0.3 is 88.8 Å². The van der Waals surface area contributed by atoms with Crippen LogP contribution in [0.15, 0.2) is 78.9 Å². The Bertz CT molecular complexity index is 2880. The molecule has 3 aromatic carbocycles. The van der Waals surface area contributed by atoms with E-state index < -0.39 is 151 Å². The standard InChI is InChI=1S/C59H85N13O17S2/c1-5-33(2)48-57(85)64-41(12-9-25-91-4)56(84)71-72-59(87)62-29-45(54(82)66-43(28-37-15-19-39(76)20-16-37)52(80)65-44(53(81)69-48)26-35-10-7-6-8-11-35)67-58(86)49(34(3)74)70-55(83)46(30-73)68-51(79)42(27-36-13-17-38(75)18-14-36)63-47(77)31-89-24-23-88-22-21-61-50(78)40(60)32-90/h6-8,10-11,13-20,33-34,40-46,48-49,73-76,90H,5,9,12,21-32,60H2,1-4H3,(H,61,78)(H,63,77)(H,64,85)(H,65,80)(H,66,82)(H,67,86)(H,68,79)(H,69,81)(H,70,83)(H,71,84)(H2,62,72,87)/t33?,34?,40-,41-,42-,43-,44-,45-,46-,48-,49-/m0/s1. The first-order chi connectivity index (χ1) is 43.5. The summed E-state index contributed by atoms with van der Waals surface area (Å²) in [5, 5.41) is 66.5. The van der Waals surface area contributed by atoms with Crippen LogP contribution in [0.2, 0.25) is 0 Å². The van der Waals surface area contributed by atoms with Crippen molar-refractivity contribution in [3.8, 4) is 11.5 Å². The summed E-state index contributed by atoms with van der Waals surface area (Å²) in [7, 11) is 0. The summed E-state index contributed by atoms with van der Waals surface area (Å²) >= 11 is 5.46. The second kappa shape index (κ2) is 39.8. The van der Waals surface area contributed by atoms with Crippen molar-refractivity contribution in [2.24, 2.45) is 11.7 Å². The van der Waals surface area contributed by atoms with Crippen molar-refractivity contribution >= 4 is 89.5 Å². The molecule has 1 fully saturated rings. The molecule has 0 radical (unpaired) electrons. The third kappa shape index (κ3) is 26.6. The molecule has 1 heterocycles. The fourth-order valence-electron chi connectivity index (χ4n) is 8.80. The van der Waals surface area contributed by atoms with Crippen molar-refractivity contribution in [2.75, 3.05) is 63.9 Å². The van der Waals surface area contributed by atoms with Crippen molar-refractivity contribution in [2.45, 2.75) is 120 Å². The molecule has 12 amide bonds. The molecule has 1 aliphatic heterocycles. The van der Waals surface area contributed by atoms with Gasteiger partial charge in [-0.15, -0.1) is 0 Å². The van der Waals surface area contributed by atoms with Crippen molar-refractivity contribution in [1.82, 2.24) is 64.0 Å². The van der Waals surface area contributed by atoms with Gasteiger partial charge in [-0.1, -0.05) is 74.9 Å². The predicted molar refractivity (Wildman–Crippen MR) is 336 cm³/mol. The molecule has 30 nitrogen and oxygen atoms in total. The second-order valence-corrected chi connectivity index (χ2v) is 22.7. The van der Waals surface area contributed by atoms with E-state index in [0.29, 0.717) is 35.3 Å². The lowest BCUT2D eigenvalue weighted by Gasteiger charge is -2.29. The highest BCUT2D eigenvalue weighted by Crippen LogP contribution is 2.16. The van der Waals surface area contributed by atoms with Crippen LogP contribution in [-0.2, 0) is 76.7 Å². The Morgan fingerprint density at radius 3 is 1.87 bits per heavy atom. The summed E-state index contributed by atoms with van der Waals surface area (Å²) in [6.07, 6.45) is 0.301. The predicted octanol–water partition coefficient (Wildman–Crippen LogP) is -3.68. The maximum absolute atomic E-state index is 14.7. The van der Waals surface area contributed by atoms with Gasteiger partial charge >= 0.3 is 6.03 Å². The number of thioether (sulfide) groups is 1. The summed E-state index contributed by atoms with van der Waals surface area (Å²) in [4.78, 5) is 152. The minimum Gasteiger partial charge on any atom is -0.508 e. The van der Waals surface area contributed by atoms with E-state index >= 15 is 0 Å². The Morgan fingerprint density at radius 2 is 1.26 bits per heavy atom. The molecule has 11 atom stereocenters. The van der Waals surface area contributed by atoms with Gasteiger partial charge in [0.25, 0.3) is 5.91 Å². The average molecular weight is 1310 g/mol. The monoisotopic (exact) mass is 1310 g/mol. The summed E-state index contributed by atoms with van der Waals surface area (Å²) in [6.45, 7) is 2.27. The van der Waals surface area contributed by atoms with E-state index in [1.54, 1.807) is 44.2 Å². The number of aliphatic hydroxyl groups is 2. The minimum absolute atomic E-state index is 0.0166. The van der Waals surface area contributed by atoms with Crippen molar-refractivity contribution in [3.63, 3.8) is 0 Å².